The summed E-state index contributed by atoms with van der Waals surface area (Å²) in [5.74, 6) is 0.0259. The number of hydrogen-bond acceptors (Lipinski definition) is 5. The number of benzene rings is 2. The van der Waals surface area contributed by atoms with Gasteiger partial charge in [0.2, 0.25) is 10.0 Å². The number of hydrogen-bond donors (Lipinski definition) is 1. The first-order valence-corrected chi connectivity index (χ1v) is 11.0. The molecular weight excluding hydrogens is 439 g/mol. The lowest BCUT2D eigenvalue weighted by Crippen LogP contribution is -2.40. The van der Waals surface area contributed by atoms with Gasteiger partial charge in [-0.3, -0.25) is 4.79 Å². The summed E-state index contributed by atoms with van der Waals surface area (Å²) in [4.78, 5) is 12.3. The second-order valence-corrected chi connectivity index (χ2v) is 9.25. The van der Waals surface area contributed by atoms with Gasteiger partial charge in [-0.25, -0.2) is 8.42 Å². The smallest absolute Gasteiger partial charge is 0.262 e. The van der Waals surface area contributed by atoms with Crippen LogP contribution in [0.25, 0.3) is 0 Å². The van der Waals surface area contributed by atoms with E-state index >= 15 is 0 Å². The quantitative estimate of drug-likeness (QED) is 0.717. The molecule has 1 N–H and O–H groups in total. The number of anilines is 1. The molecule has 0 atom stereocenters. The molecule has 1 fully saturated rings. The summed E-state index contributed by atoms with van der Waals surface area (Å²) in [6, 6.07) is 9.26. The third kappa shape index (κ3) is 5.61. The largest absolute Gasteiger partial charge is 0.483 e. The molecule has 1 amide bonds. The Morgan fingerprint density at radius 3 is 2.41 bits per heavy atom. The Morgan fingerprint density at radius 1 is 1.14 bits per heavy atom. The molecule has 3 rings (SSSR count). The van der Waals surface area contributed by atoms with Crippen molar-refractivity contribution in [2.45, 2.75) is 11.8 Å². The van der Waals surface area contributed by atoms with Crippen LogP contribution in [0.4, 0.5) is 5.69 Å². The molecule has 2 aromatic carbocycles. The minimum Gasteiger partial charge on any atom is -0.483 e. The number of amides is 1. The summed E-state index contributed by atoms with van der Waals surface area (Å²) < 4.78 is 37.6. The molecule has 0 aromatic heterocycles. The molecule has 0 radical (unpaired) electrons. The highest BCUT2D eigenvalue weighted by molar-refractivity contribution is 7.89. The molecule has 1 saturated heterocycles. The van der Waals surface area contributed by atoms with Crippen molar-refractivity contribution in [3.8, 4) is 5.75 Å². The lowest BCUT2D eigenvalue weighted by molar-refractivity contribution is -0.118. The average molecular weight is 459 g/mol. The van der Waals surface area contributed by atoms with E-state index in [-0.39, 0.29) is 11.5 Å². The average Bonchev–Trinajstić information content (AvgIpc) is 2.67. The standard InChI is InChI=1S/C19H20Cl2N2O5S/c1-13-8-17(29(25,26)23-4-6-27-7-5-23)2-3-18(13)28-12-19(24)22-16-10-14(20)9-15(21)11-16/h2-3,8-11H,4-7,12H2,1H3,(H,22,24). The molecule has 10 heteroatoms. The Kier molecular flexibility index (Phi) is 7.02. The van der Waals surface area contributed by atoms with E-state index in [1.807, 2.05) is 0 Å². The van der Waals surface area contributed by atoms with Gasteiger partial charge < -0.3 is 14.8 Å². The van der Waals surface area contributed by atoms with E-state index in [1.165, 1.54) is 16.4 Å². The van der Waals surface area contributed by atoms with E-state index in [0.29, 0.717) is 53.3 Å². The molecule has 0 aliphatic carbocycles. The molecule has 0 spiro atoms. The monoisotopic (exact) mass is 458 g/mol. The topological polar surface area (TPSA) is 84.9 Å². The van der Waals surface area contributed by atoms with Gasteiger partial charge in [0, 0.05) is 28.8 Å². The Balaban J connectivity index is 1.64. The van der Waals surface area contributed by atoms with Crippen LogP contribution in [-0.2, 0) is 19.6 Å². The van der Waals surface area contributed by atoms with Crippen LogP contribution in [0.3, 0.4) is 0 Å². The van der Waals surface area contributed by atoms with Crippen molar-refractivity contribution in [3.63, 3.8) is 0 Å². The summed E-state index contributed by atoms with van der Waals surface area (Å²) >= 11 is 11.8. The lowest BCUT2D eigenvalue weighted by atomic mass is 10.2. The van der Waals surface area contributed by atoms with Crippen LogP contribution >= 0.6 is 23.2 Å². The molecule has 2 aromatic rings. The van der Waals surface area contributed by atoms with Gasteiger partial charge in [0.25, 0.3) is 5.91 Å². The van der Waals surface area contributed by atoms with Crippen molar-refractivity contribution in [2.75, 3.05) is 38.2 Å². The first-order valence-electron chi connectivity index (χ1n) is 8.83. The van der Waals surface area contributed by atoms with Crippen molar-refractivity contribution in [1.82, 2.24) is 4.31 Å². The number of nitrogens with one attached hydrogen (secondary N) is 1. The third-order valence-corrected chi connectivity index (χ3v) is 6.59. The van der Waals surface area contributed by atoms with Gasteiger partial charge in [0.05, 0.1) is 18.1 Å². The number of morpholine rings is 1. The molecule has 1 aliphatic heterocycles. The fourth-order valence-corrected chi connectivity index (χ4v) is 4.87. The molecule has 7 nitrogen and oxygen atoms in total. The van der Waals surface area contributed by atoms with Crippen molar-refractivity contribution in [2.24, 2.45) is 0 Å². The summed E-state index contributed by atoms with van der Waals surface area (Å²) in [6.45, 7) is 2.89. The van der Waals surface area contributed by atoms with Gasteiger partial charge in [0.1, 0.15) is 5.75 Å². The number of carbonyl (C=O) groups excluding carboxylic acids is 1. The van der Waals surface area contributed by atoms with Crippen LogP contribution in [0.1, 0.15) is 5.56 Å². The highest BCUT2D eigenvalue weighted by atomic mass is 35.5. The maximum atomic E-state index is 12.7. The number of sulfonamides is 1. The van der Waals surface area contributed by atoms with Crippen LogP contribution in [0.2, 0.25) is 10.0 Å². The second-order valence-electron chi connectivity index (χ2n) is 6.44. The molecule has 1 heterocycles. The van der Waals surface area contributed by atoms with Gasteiger partial charge in [-0.15, -0.1) is 0 Å². The fourth-order valence-electron chi connectivity index (χ4n) is 2.85. The van der Waals surface area contributed by atoms with E-state index in [9.17, 15) is 13.2 Å². The fraction of sp³-hybridized carbons (Fsp3) is 0.316. The summed E-state index contributed by atoms with van der Waals surface area (Å²) in [7, 11) is -3.59. The number of ether oxygens (including phenoxy) is 2. The van der Waals surface area contributed by atoms with Gasteiger partial charge in [0.15, 0.2) is 6.61 Å². The summed E-state index contributed by atoms with van der Waals surface area (Å²) in [6.07, 6.45) is 0. The summed E-state index contributed by atoms with van der Waals surface area (Å²) in [5, 5.41) is 3.45. The van der Waals surface area contributed by atoms with Crippen molar-refractivity contribution in [3.05, 3.63) is 52.0 Å². The van der Waals surface area contributed by atoms with Crippen molar-refractivity contribution < 1.29 is 22.7 Å². The van der Waals surface area contributed by atoms with E-state index in [2.05, 4.69) is 5.32 Å². The molecule has 0 unspecified atom stereocenters. The second kappa shape index (κ2) is 9.32. The Bertz CT molecular complexity index is 987. The van der Waals surface area contributed by atoms with E-state index < -0.39 is 15.9 Å². The zero-order valence-electron chi connectivity index (χ0n) is 15.7. The molecule has 1 aliphatic rings. The number of carbonyl (C=O) groups is 1. The van der Waals surface area contributed by atoms with Crippen LogP contribution in [0.5, 0.6) is 5.75 Å². The first-order chi connectivity index (χ1) is 13.8. The predicted molar refractivity (Wildman–Crippen MR) is 111 cm³/mol. The van der Waals surface area contributed by atoms with Crippen molar-refractivity contribution in [1.29, 1.82) is 0 Å². The van der Waals surface area contributed by atoms with Crippen LogP contribution < -0.4 is 10.1 Å². The van der Waals surface area contributed by atoms with Gasteiger partial charge in [-0.05, 0) is 48.9 Å². The number of aryl methyl sites for hydroxylation is 1. The Hall–Kier alpha value is -1.84. The minimum atomic E-state index is -3.59. The molecular formula is C19H20Cl2N2O5S. The highest BCUT2D eigenvalue weighted by Gasteiger charge is 2.26. The maximum absolute atomic E-state index is 12.7. The van der Waals surface area contributed by atoms with Gasteiger partial charge in [-0.2, -0.15) is 4.31 Å². The lowest BCUT2D eigenvalue weighted by Gasteiger charge is -2.26. The molecule has 0 saturated carbocycles. The maximum Gasteiger partial charge on any atom is 0.262 e. The van der Waals surface area contributed by atoms with E-state index in [1.54, 1.807) is 31.2 Å². The predicted octanol–water partition coefficient (Wildman–Crippen LogP) is 3.34. The minimum absolute atomic E-state index is 0.183. The SMILES string of the molecule is Cc1cc(S(=O)(=O)N2CCOCC2)ccc1OCC(=O)Nc1cc(Cl)cc(Cl)c1. The third-order valence-electron chi connectivity index (χ3n) is 4.26. The van der Waals surface area contributed by atoms with Crippen molar-refractivity contribution >= 4 is 44.8 Å². The van der Waals surface area contributed by atoms with Gasteiger partial charge >= 0.3 is 0 Å². The number of rotatable bonds is 6. The highest BCUT2D eigenvalue weighted by Crippen LogP contribution is 2.25. The zero-order chi connectivity index (χ0) is 21.0. The number of nitrogens with zero attached hydrogens (tertiary/aromatic N) is 1. The summed E-state index contributed by atoms with van der Waals surface area (Å²) in [5.41, 5.74) is 1.07. The molecule has 29 heavy (non-hydrogen) atoms. The normalized spacial score (nSPS) is 15.1. The number of halogens is 2. The van der Waals surface area contributed by atoms with Gasteiger partial charge in [-0.1, -0.05) is 23.2 Å². The van der Waals surface area contributed by atoms with E-state index in [0.717, 1.165) is 0 Å². The van der Waals surface area contributed by atoms with Crippen LogP contribution in [-0.4, -0.2) is 51.5 Å². The van der Waals surface area contributed by atoms with Crippen LogP contribution in [0, 0.1) is 6.92 Å². The Morgan fingerprint density at radius 2 is 1.79 bits per heavy atom. The van der Waals surface area contributed by atoms with E-state index in [4.69, 9.17) is 32.7 Å². The zero-order valence-corrected chi connectivity index (χ0v) is 18.0. The first kappa shape index (κ1) is 21.9. The molecule has 156 valence electrons. The molecule has 0 bridgehead atoms. The van der Waals surface area contributed by atoms with Crippen LogP contribution in [0.15, 0.2) is 41.3 Å². The Labute approximate surface area is 179 Å².